The summed E-state index contributed by atoms with van der Waals surface area (Å²) in [5.74, 6) is -0.913. The van der Waals surface area contributed by atoms with Crippen LogP contribution in [0.3, 0.4) is 0 Å². The molecular weight excluding hydrogens is 700 g/mol. The van der Waals surface area contributed by atoms with Crippen LogP contribution in [-0.4, -0.2) is 44.3 Å². The highest BCUT2D eigenvalue weighted by molar-refractivity contribution is 7.92. The Hall–Kier alpha value is -3.27. The Labute approximate surface area is 296 Å². The Morgan fingerprint density at radius 1 is 0.830 bits per heavy atom. The average molecular weight is 736 g/mol. The molecule has 0 aliphatic rings. The van der Waals surface area contributed by atoms with E-state index in [2.05, 4.69) is 5.32 Å². The van der Waals surface area contributed by atoms with E-state index in [0.717, 1.165) is 15.4 Å². The third kappa shape index (κ3) is 9.42. The Morgan fingerprint density at radius 2 is 1.51 bits per heavy atom. The number of nitrogens with one attached hydrogen (secondary N) is 1. The van der Waals surface area contributed by atoms with Crippen LogP contribution in [0.25, 0.3) is 0 Å². The van der Waals surface area contributed by atoms with Gasteiger partial charge < -0.3 is 10.2 Å². The molecule has 7 nitrogen and oxygen atoms in total. The minimum Gasteiger partial charge on any atom is -0.354 e. The van der Waals surface area contributed by atoms with E-state index in [1.165, 1.54) is 29.2 Å². The van der Waals surface area contributed by atoms with Gasteiger partial charge in [0.1, 0.15) is 12.6 Å². The molecule has 1 unspecified atom stereocenters. The molecule has 4 aromatic rings. The quantitative estimate of drug-likeness (QED) is 0.150. The van der Waals surface area contributed by atoms with Gasteiger partial charge in [-0.05, 0) is 60.4 Å². The van der Waals surface area contributed by atoms with Crippen LogP contribution >= 0.6 is 46.4 Å². The third-order valence-corrected chi connectivity index (χ3v) is 10.6. The second-order valence-electron chi connectivity index (χ2n) is 11.5. The monoisotopic (exact) mass is 733 g/mol. The molecule has 0 saturated carbocycles. The summed E-state index contributed by atoms with van der Waals surface area (Å²) in [5, 5.41) is 3.71. The van der Waals surface area contributed by atoms with Gasteiger partial charge in [0.15, 0.2) is 0 Å². The standard InChI is InChI=1S/C35H35Cl4N3O4S/c1-23(2)20-40-35(44)32(18-25-8-5-4-6-9-25)41(21-26-14-15-27(36)19-30(26)38)33(43)22-42(31-11-7-10-29(37)34(31)39)47(45,46)28-16-12-24(3)13-17-28/h4-17,19,23,32H,18,20-22H2,1-3H3,(H,40,44). The van der Waals surface area contributed by atoms with Crippen molar-refractivity contribution in [2.75, 3.05) is 17.4 Å². The summed E-state index contributed by atoms with van der Waals surface area (Å²) in [7, 11) is -4.35. The van der Waals surface area contributed by atoms with E-state index in [-0.39, 0.29) is 39.5 Å². The fourth-order valence-electron chi connectivity index (χ4n) is 4.85. The van der Waals surface area contributed by atoms with Gasteiger partial charge in [0.2, 0.25) is 11.8 Å². The molecule has 0 aliphatic heterocycles. The Kier molecular flexibility index (Phi) is 12.6. The summed E-state index contributed by atoms with van der Waals surface area (Å²) in [6.07, 6.45) is 0.157. The third-order valence-electron chi connectivity index (χ3n) is 7.40. The fourth-order valence-corrected chi connectivity index (χ4v) is 7.19. The van der Waals surface area contributed by atoms with Gasteiger partial charge in [0, 0.05) is 29.6 Å². The lowest BCUT2D eigenvalue weighted by atomic mass is 10.0. The number of sulfonamides is 1. The molecule has 0 heterocycles. The van der Waals surface area contributed by atoms with Crippen LogP contribution in [0.5, 0.6) is 0 Å². The number of hydrogen-bond acceptors (Lipinski definition) is 4. The van der Waals surface area contributed by atoms with Crippen LogP contribution < -0.4 is 9.62 Å². The van der Waals surface area contributed by atoms with Gasteiger partial charge >= 0.3 is 0 Å². The van der Waals surface area contributed by atoms with E-state index in [1.807, 2.05) is 51.1 Å². The maximum absolute atomic E-state index is 14.6. The molecule has 0 saturated heterocycles. The van der Waals surface area contributed by atoms with E-state index in [1.54, 1.807) is 36.4 Å². The minimum atomic E-state index is -4.35. The van der Waals surface area contributed by atoms with Gasteiger partial charge in [0.05, 0.1) is 20.6 Å². The first-order valence-electron chi connectivity index (χ1n) is 14.9. The highest BCUT2D eigenvalue weighted by Gasteiger charge is 2.35. The highest BCUT2D eigenvalue weighted by atomic mass is 35.5. The molecule has 47 heavy (non-hydrogen) atoms. The Morgan fingerprint density at radius 3 is 2.15 bits per heavy atom. The first-order chi connectivity index (χ1) is 22.3. The van der Waals surface area contributed by atoms with Crippen LogP contribution in [-0.2, 0) is 32.6 Å². The summed E-state index contributed by atoms with van der Waals surface area (Å²) < 4.78 is 29.4. The summed E-state index contributed by atoms with van der Waals surface area (Å²) >= 11 is 25.6. The van der Waals surface area contributed by atoms with E-state index in [9.17, 15) is 18.0 Å². The van der Waals surface area contributed by atoms with Crippen molar-refractivity contribution in [2.45, 2.75) is 44.7 Å². The highest BCUT2D eigenvalue weighted by Crippen LogP contribution is 2.36. The van der Waals surface area contributed by atoms with Gasteiger partial charge in [-0.2, -0.15) is 0 Å². The van der Waals surface area contributed by atoms with Crippen LogP contribution in [0, 0.1) is 12.8 Å². The van der Waals surface area contributed by atoms with Gasteiger partial charge in [-0.25, -0.2) is 8.42 Å². The van der Waals surface area contributed by atoms with E-state index in [0.29, 0.717) is 22.2 Å². The lowest BCUT2D eigenvalue weighted by Crippen LogP contribution is -2.53. The minimum absolute atomic E-state index is 0.0152. The number of carbonyl (C=O) groups is 2. The number of carbonyl (C=O) groups excluding carboxylic acids is 2. The number of hydrogen-bond donors (Lipinski definition) is 1. The Balaban J connectivity index is 1.85. The number of benzene rings is 4. The maximum atomic E-state index is 14.6. The zero-order valence-electron chi connectivity index (χ0n) is 26.1. The predicted molar refractivity (Wildman–Crippen MR) is 191 cm³/mol. The van der Waals surface area contributed by atoms with Crippen LogP contribution in [0.15, 0.2) is 95.9 Å². The summed E-state index contributed by atoms with van der Waals surface area (Å²) in [4.78, 5) is 29.8. The number of nitrogens with zero attached hydrogens (tertiary/aromatic N) is 2. The van der Waals surface area contributed by atoms with Crippen molar-refractivity contribution in [3.05, 3.63) is 128 Å². The molecule has 12 heteroatoms. The first-order valence-corrected chi connectivity index (χ1v) is 17.8. The fraction of sp³-hybridized carbons (Fsp3) is 0.257. The van der Waals surface area contributed by atoms with E-state index in [4.69, 9.17) is 46.4 Å². The second-order valence-corrected chi connectivity index (χ2v) is 15.0. The van der Waals surface area contributed by atoms with Gasteiger partial charge in [-0.3, -0.25) is 13.9 Å². The number of amides is 2. The molecule has 1 atom stereocenters. The largest absolute Gasteiger partial charge is 0.354 e. The number of anilines is 1. The van der Waals surface area contributed by atoms with Crippen molar-refractivity contribution >= 4 is 73.9 Å². The molecule has 4 rings (SSSR count). The van der Waals surface area contributed by atoms with Crippen LogP contribution in [0.2, 0.25) is 20.1 Å². The van der Waals surface area contributed by atoms with Crippen molar-refractivity contribution in [2.24, 2.45) is 5.92 Å². The maximum Gasteiger partial charge on any atom is 0.264 e. The molecule has 0 aromatic heterocycles. The van der Waals surface area contributed by atoms with Crippen molar-refractivity contribution in [3.8, 4) is 0 Å². The van der Waals surface area contributed by atoms with Crippen molar-refractivity contribution in [1.82, 2.24) is 10.2 Å². The smallest absolute Gasteiger partial charge is 0.264 e. The molecule has 0 fully saturated rings. The summed E-state index contributed by atoms with van der Waals surface area (Å²) in [6, 6.07) is 23.9. The molecule has 1 N–H and O–H groups in total. The second kappa shape index (κ2) is 16.2. The topological polar surface area (TPSA) is 86.8 Å². The number of aryl methyl sites for hydroxylation is 1. The average Bonchev–Trinajstić information content (AvgIpc) is 3.03. The van der Waals surface area contributed by atoms with Gasteiger partial charge in [0.25, 0.3) is 10.0 Å². The molecule has 0 spiro atoms. The number of rotatable bonds is 13. The zero-order valence-corrected chi connectivity index (χ0v) is 29.9. The van der Waals surface area contributed by atoms with Gasteiger partial charge in [-0.1, -0.05) is 120 Å². The van der Waals surface area contributed by atoms with Crippen molar-refractivity contribution < 1.29 is 18.0 Å². The van der Waals surface area contributed by atoms with Crippen LogP contribution in [0.1, 0.15) is 30.5 Å². The normalized spacial score (nSPS) is 12.1. The lowest BCUT2D eigenvalue weighted by molar-refractivity contribution is -0.140. The van der Waals surface area contributed by atoms with E-state index >= 15 is 0 Å². The zero-order chi connectivity index (χ0) is 34.3. The molecular formula is C35H35Cl4N3O4S. The molecule has 2 amide bonds. The lowest BCUT2D eigenvalue weighted by Gasteiger charge is -2.34. The SMILES string of the molecule is Cc1ccc(S(=O)(=O)N(CC(=O)N(Cc2ccc(Cl)cc2Cl)C(Cc2ccccc2)C(=O)NCC(C)C)c2cccc(Cl)c2Cl)cc1. The van der Waals surface area contributed by atoms with E-state index < -0.39 is 34.4 Å². The molecule has 0 radical (unpaired) electrons. The predicted octanol–water partition coefficient (Wildman–Crippen LogP) is 8.22. The first kappa shape index (κ1) is 36.6. The van der Waals surface area contributed by atoms with Gasteiger partial charge in [-0.15, -0.1) is 0 Å². The summed E-state index contributed by atoms with van der Waals surface area (Å²) in [6.45, 7) is 5.34. The molecule has 248 valence electrons. The number of halogens is 4. The van der Waals surface area contributed by atoms with Crippen molar-refractivity contribution in [3.63, 3.8) is 0 Å². The van der Waals surface area contributed by atoms with Crippen molar-refractivity contribution in [1.29, 1.82) is 0 Å². The molecule has 0 bridgehead atoms. The molecule has 4 aromatic carbocycles. The summed E-state index contributed by atoms with van der Waals surface area (Å²) in [5.41, 5.74) is 2.20. The Bertz CT molecular complexity index is 1820. The van der Waals surface area contributed by atoms with Crippen LogP contribution in [0.4, 0.5) is 5.69 Å². The molecule has 0 aliphatic carbocycles.